The number of carbonyl (C=O) groups excluding carboxylic acids is 2. The second-order valence-corrected chi connectivity index (χ2v) is 7.09. The van der Waals surface area contributed by atoms with Crippen LogP contribution in [0.15, 0.2) is 66.4 Å². The Morgan fingerprint density at radius 3 is 2.48 bits per heavy atom. The monoisotopic (exact) mass is 452 g/mol. The van der Waals surface area contributed by atoms with E-state index in [2.05, 4.69) is 4.98 Å². The molecule has 7 nitrogen and oxygen atoms in total. The van der Waals surface area contributed by atoms with Gasteiger partial charge in [0.05, 0.1) is 36.7 Å². The number of aliphatic hydroxyl groups is 1. The number of nitrogens with zero attached hydrogens (tertiary/aromatic N) is 2. The smallest absolute Gasteiger partial charge is 0.300 e. The van der Waals surface area contributed by atoms with Gasteiger partial charge >= 0.3 is 0 Å². The van der Waals surface area contributed by atoms with Gasteiger partial charge in [-0.1, -0.05) is 6.07 Å². The molecule has 2 aromatic carbocycles. The Balaban J connectivity index is 2.01. The first-order chi connectivity index (χ1) is 15.9. The van der Waals surface area contributed by atoms with Crippen LogP contribution in [-0.2, 0) is 9.59 Å². The molecular weight excluding hydrogens is 434 g/mol. The third kappa shape index (κ3) is 3.78. The van der Waals surface area contributed by atoms with E-state index < -0.39 is 40.8 Å². The molecule has 1 amide bonds. The summed E-state index contributed by atoms with van der Waals surface area (Å²) in [6, 6.07) is 10.5. The molecule has 168 valence electrons. The Labute approximate surface area is 187 Å². The van der Waals surface area contributed by atoms with Crippen LogP contribution in [0.5, 0.6) is 11.5 Å². The Morgan fingerprint density at radius 2 is 1.82 bits per heavy atom. The van der Waals surface area contributed by atoms with Gasteiger partial charge in [-0.15, -0.1) is 0 Å². The maximum atomic E-state index is 14.7. The van der Waals surface area contributed by atoms with Gasteiger partial charge in [0.2, 0.25) is 0 Å². The van der Waals surface area contributed by atoms with Crippen LogP contribution >= 0.6 is 0 Å². The number of anilines is 1. The molecule has 1 saturated heterocycles. The average molecular weight is 452 g/mol. The second kappa shape index (κ2) is 8.70. The van der Waals surface area contributed by atoms with Gasteiger partial charge < -0.3 is 14.6 Å². The Hall–Kier alpha value is -4.27. The summed E-state index contributed by atoms with van der Waals surface area (Å²) in [7, 11) is 2.79. The number of benzene rings is 2. The number of ether oxygens (including phenoxy) is 2. The van der Waals surface area contributed by atoms with Crippen molar-refractivity contribution in [1.29, 1.82) is 0 Å². The van der Waals surface area contributed by atoms with E-state index in [0.717, 1.165) is 23.1 Å². The van der Waals surface area contributed by atoms with Gasteiger partial charge in [0, 0.05) is 12.3 Å². The number of pyridine rings is 1. The Kier molecular flexibility index (Phi) is 5.78. The zero-order chi connectivity index (χ0) is 23.7. The molecule has 2 heterocycles. The van der Waals surface area contributed by atoms with Crippen LogP contribution in [0, 0.1) is 11.6 Å². The lowest BCUT2D eigenvalue weighted by Crippen LogP contribution is -2.30. The fourth-order valence-corrected chi connectivity index (χ4v) is 3.71. The van der Waals surface area contributed by atoms with Crippen molar-refractivity contribution in [1.82, 2.24) is 4.98 Å². The standard InChI is InChI=1S/C24H18F2N2O5/c1-32-14-7-9-19(33-2)15(12-14)22(29)20-21(17-5-3-4-10-27-17)28(24(31)23(20)30)18-11-13(25)6-8-16(18)26/h3-12,21,29H,1-2H3/b22-20+. The summed E-state index contributed by atoms with van der Waals surface area (Å²) in [6.45, 7) is 0. The number of Topliss-reactive ketones (excluding diaryl/α,β-unsaturated/α-hetero) is 1. The molecule has 1 aliphatic rings. The highest BCUT2D eigenvalue weighted by atomic mass is 19.1. The third-order valence-corrected chi connectivity index (χ3v) is 5.24. The van der Waals surface area contributed by atoms with E-state index in [1.165, 1.54) is 38.6 Å². The van der Waals surface area contributed by atoms with E-state index in [4.69, 9.17) is 9.47 Å². The first-order valence-corrected chi connectivity index (χ1v) is 9.76. The van der Waals surface area contributed by atoms with Gasteiger partial charge in [-0.05, 0) is 42.5 Å². The van der Waals surface area contributed by atoms with Crippen molar-refractivity contribution in [2.75, 3.05) is 19.1 Å². The number of rotatable bonds is 5. The second-order valence-electron chi connectivity index (χ2n) is 7.09. The Morgan fingerprint density at radius 1 is 1.03 bits per heavy atom. The van der Waals surface area contributed by atoms with E-state index in [-0.39, 0.29) is 22.6 Å². The van der Waals surface area contributed by atoms with Crippen LogP contribution in [0.1, 0.15) is 17.3 Å². The fraction of sp³-hybridized carbons (Fsp3) is 0.125. The highest BCUT2D eigenvalue weighted by molar-refractivity contribution is 6.51. The van der Waals surface area contributed by atoms with Crippen molar-refractivity contribution >= 4 is 23.1 Å². The molecule has 9 heteroatoms. The highest BCUT2D eigenvalue weighted by Gasteiger charge is 2.48. The largest absolute Gasteiger partial charge is 0.507 e. The molecule has 0 radical (unpaired) electrons. The predicted octanol–water partition coefficient (Wildman–Crippen LogP) is 4.00. The number of hydrogen-bond donors (Lipinski definition) is 1. The molecule has 33 heavy (non-hydrogen) atoms. The molecule has 1 aromatic heterocycles. The van der Waals surface area contributed by atoms with Crippen LogP contribution in [0.3, 0.4) is 0 Å². The van der Waals surface area contributed by atoms with Crippen LogP contribution in [-0.4, -0.2) is 36.0 Å². The minimum Gasteiger partial charge on any atom is -0.507 e. The van der Waals surface area contributed by atoms with Gasteiger partial charge in [0.25, 0.3) is 11.7 Å². The molecule has 0 bridgehead atoms. The number of ketones is 1. The minimum atomic E-state index is -1.32. The van der Waals surface area contributed by atoms with Gasteiger partial charge in [-0.2, -0.15) is 0 Å². The normalized spacial score (nSPS) is 17.3. The molecule has 1 unspecified atom stereocenters. The van der Waals surface area contributed by atoms with Gasteiger partial charge in [-0.3, -0.25) is 19.5 Å². The summed E-state index contributed by atoms with van der Waals surface area (Å²) >= 11 is 0. The Bertz CT molecular complexity index is 1280. The quantitative estimate of drug-likeness (QED) is 0.358. The van der Waals surface area contributed by atoms with Gasteiger partial charge in [0.1, 0.15) is 34.9 Å². The number of aromatic nitrogens is 1. The molecular formula is C24H18F2N2O5. The van der Waals surface area contributed by atoms with E-state index >= 15 is 0 Å². The molecule has 0 saturated carbocycles. The summed E-state index contributed by atoms with van der Waals surface area (Å²) in [4.78, 5) is 31.1. The van der Waals surface area contributed by atoms with Crippen molar-refractivity contribution in [3.8, 4) is 11.5 Å². The number of methoxy groups -OCH3 is 2. The molecule has 1 aliphatic heterocycles. The van der Waals surface area contributed by atoms with Crippen molar-refractivity contribution < 1.29 is 33.0 Å². The lowest BCUT2D eigenvalue weighted by molar-refractivity contribution is -0.132. The van der Waals surface area contributed by atoms with Crippen LogP contribution in [0.4, 0.5) is 14.5 Å². The minimum absolute atomic E-state index is 0.0792. The number of hydrogen-bond acceptors (Lipinski definition) is 6. The molecule has 0 spiro atoms. The topological polar surface area (TPSA) is 89.0 Å². The van der Waals surface area contributed by atoms with E-state index in [1.807, 2.05) is 0 Å². The first-order valence-electron chi connectivity index (χ1n) is 9.76. The van der Waals surface area contributed by atoms with Gasteiger partial charge in [0.15, 0.2) is 0 Å². The molecule has 1 N–H and O–H groups in total. The zero-order valence-corrected chi connectivity index (χ0v) is 17.6. The predicted molar refractivity (Wildman–Crippen MR) is 115 cm³/mol. The molecule has 4 rings (SSSR count). The summed E-state index contributed by atoms with van der Waals surface area (Å²) in [6.07, 6.45) is 1.42. The summed E-state index contributed by atoms with van der Waals surface area (Å²) in [5, 5.41) is 11.2. The lowest BCUT2D eigenvalue weighted by Gasteiger charge is -2.25. The maximum Gasteiger partial charge on any atom is 0.300 e. The first kappa shape index (κ1) is 21.9. The number of aliphatic hydroxyl groups excluding tert-OH is 1. The molecule has 0 aliphatic carbocycles. The van der Waals surface area contributed by atoms with Crippen molar-refractivity contribution in [2.45, 2.75) is 6.04 Å². The van der Waals surface area contributed by atoms with E-state index in [0.29, 0.717) is 5.75 Å². The van der Waals surface area contributed by atoms with E-state index in [1.54, 1.807) is 18.2 Å². The fourth-order valence-electron chi connectivity index (χ4n) is 3.71. The van der Waals surface area contributed by atoms with Crippen molar-refractivity contribution in [3.05, 3.63) is 89.3 Å². The third-order valence-electron chi connectivity index (χ3n) is 5.24. The summed E-state index contributed by atoms with van der Waals surface area (Å²) in [5.41, 5.74) is -0.558. The van der Waals surface area contributed by atoms with E-state index in [9.17, 15) is 23.5 Å². The SMILES string of the molecule is COc1ccc(OC)c(/C(O)=C2\C(=O)C(=O)N(c3cc(F)ccc3F)C2c2ccccn2)c1. The molecule has 1 fully saturated rings. The molecule has 3 aromatic rings. The van der Waals surface area contributed by atoms with Crippen LogP contribution in [0.2, 0.25) is 0 Å². The lowest BCUT2D eigenvalue weighted by atomic mass is 9.97. The summed E-state index contributed by atoms with van der Waals surface area (Å²) in [5.74, 6) is -3.96. The number of halogens is 2. The van der Waals surface area contributed by atoms with Gasteiger partial charge in [-0.25, -0.2) is 8.78 Å². The summed E-state index contributed by atoms with van der Waals surface area (Å²) < 4.78 is 39.1. The van der Waals surface area contributed by atoms with Crippen molar-refractivity contribution in [3.63, 3.8) is 0 Å². The number of carbonyl (C=O) groups is 2. The van der Waals surface area contributed by atoms with Crippen LogP contribution in [0.25, 0.3) is 5.76 Å². The van der Waals surface area contributed by atoms with Crippen LogP contribution < -0.4 is 14.4 Å². The van der Waals surface area contributed by atoms with Crippen molar-refractivity contribution in [2.24, 2.45) is 0 Å². The maximum absolute atomic E-state index is 14.7. The number of amides is 1. The molecule has 1 atom stereocenters. The highest BCUT2D eigenvalue weighted by Crippen LogP contribution is 2.43. The average Bonchev–Trinajstić information content (AvgIpc) is 3.10. The zero-order valence-electron chi connectivity index (χ0n) is 17.6.